The summed E-state index contributed by atoms with van der Waals surface area (Å²) in [5.41, 5.74) is 6.63. The number of carbonyl (C=O) groups excluding carboxylic acids is 2. The third kappa shape index (κ3) is 3.26. The molecule has 1 aromatic heterocycles. The Morgan fingerprint density at radius 2 is 2.17 bits per heavy atom. The van der Waals surface area contributed by atoms with Crippen molar-refractivity contribution in [3.05, 3.63) is 35.3 Å². The molecule has 0 radical (unpaired) electrons. The number of primary amides is 1. The van der Waals surface area contributed by atoms with Gasteiger partial charge in [-0.1, -0.05) is 12.1 Å². The standard InChI is InChI=1S/C17H19N3O3S/c1-23-14-7-3-2-6-12(14)16-19-13(10-24-16)17(22)20-8-4-5-11(9-20)15(18)21/h2-3,6-7,10-11H,4-5,8-9H2,1H3,(H2,18,21)/t11-/m1/s1. The van der Waals surface area contributed by atoms with E-state index in [1.54, 1.807) is 17.4 Å². The summed E-state index contributed by atoms with van der Waals surface area (Å²) in [5.74, 6) is -0.0496. The number of thiazole rings is 1. The van der Waals surface area contributed by atoms with Crippen LogP contribution in [0.15, 0.2) is 29.6 Å². The first kappa shape index (κ1) is 16.4. The third-order valence-electron chi connectivity index (χ3n) is 4.17. The van der Waals surface area contributed by atoms with Crippen molar-refractivity contribution < 1.29 is 14.3 Å². The number of hydrogen-bond donors (Lipinski definition) is 1. The van der Waals surface area contributed by atoms with E-state index in [1.807, 2.05) is 24.3 Å². The second-order valence-electron chi connectivity index (χ2n) is 5.73. The number of methoxy groups -OCH3 is 1. The molecule has 2 amide bonds. The molecule has 1 fully saturated rings. The number of carbonyl (C=O) groups is 2. The van der Waals surface area contributed by atoms with E-state index in [2.05, 4.69) is 4.98 Å². The molecule has 24 heavy (non-hydrogen) atoms. The van der Waals surface area contributed by atoms with Gasteiger partial charge in [0.1, 0.15) is 16.5 Å². The lowest BCUT2D eigenvalue weighted by Gasteiger charge is -2.30. The lowest BCUT2D eigenvalue weighted by Crippen LogP contribution is -2.44. The predicted octanol–water partition coefficient (Wildman–Crippen LogP) is 2.16. The highest BCUT2D eigenvalue weighted by Gasteiger charge is 2.28. The maximum atomic E-state index is 12.7. The number of nitrogens with zero attached hydrogens (tertiary/aromatic N) is 2. The van der Waals surface area contributed by atoms with Gasteiger partial charge in [-0.15, -0.1) is 11.3 Å². The molecule has 1 aliphatic rings. The minimum Gasteiger partial charge on any atom is -0.496 e. The number of nitrogens with two attached hydrogens (primary N) is 1. The molecule has 126 valence electrons. The number of likely N-dealkylation sites (tertiary alicyclic amines) is 1. The van der Waals surface area contributed by atoms with Gasteiger partial charge in [0.25, 0.3) is 5.91 Å². The minimum atomic E-state index is -0.347. The molecule has 0 spiro atoms. The minimum absolute atomic E-state index is 0.154. The van der Waals surface area contributed by atoms with E-state index in [0.29, 0.717) is 18.8 Å². The molecule has 2 aromatic rings. The van der Waals surface area contributed by atoms with E-state index in [0.717, 1.165) is 29.2 Å². The van der Waals surface area contributed by atoms with Crippen LogP contribution in [-0.2, 0) is 4.79 Å². The highest BCUT2D eigenvalue weighted by Crippen LogP contribution is 2.32. The molecular formula is C17H19N3O3S. The van der Waals surface area contributed by atoms with Crippen molar-refractivity contribution >= 4 is 23.2 Å². The van der Waals surface area contributed by atoms with Crippen LogP contribution in [0.5, 0.6) is 5.75 Å². The van der Waals surface area contributed by atoms with E-state index in [9.17, 15) is 9.59 Å². The first-order valence-electron chi connectivity index (χ1n) is 7.77. The molecule has 0 saturated carbocycles. The molecule has 1 aromatic carbocycles. The highest BCUT2D eigenvalue weighted by atomic mass is 32.1. The molecule has 2 heterocycles. The number of hydrogen-bond acceptors (Lipinski definition) is 5. The van der Waals surface area contributed by atoms with E-state index in [-0.39, 0.29) is 17.7 Å². The summed E-state index contributed by atoms with van der Waals surface area (Å²) in [5, 5.41) is 2.48. The van der Waals surface area contributed by atoms with E-state index in [4.69, 9.17) is 10.5 Å². The first-order chi connectivity index (χ1) is 11.6. The van der Waals surface area contributed by atoms with Crippen molar-refractivity contribution in [1.29, 1.82) is 0 Å². The summed E-state index contributed by atoms with van der Waals surface area (Å²) in [7, 11) is 1.61. The van der Waals surface area contributed by atoms with Gasteiger partial charge in [-0.05, 0) is 25.0 Å². The van der Waals surface area contributed by atoms with Gasteiger partial charge in [0.05, 0.1) is 18.6 Å². The number of benzene rings is 1. The monoisotopic (exact) mass is 345 g/mol. The molecule has 0 bridgehead atoms. The first-order valence-corrected chi connectivity index (χ1v) is 8.65. The molecule has 0 unspecified atom stereocenters. The van der Waals surface area contributed by atoms with Crippen molar-refractivity contribution in [2.45, 2.75) is 12.8 Å². The maximum absolute atomic E-state index is 12.7. The zero-order valence-electron chi connectivity index (χ0n) is 13.4. The lowest BCUT2D eigenvalue weighted by molar-refractivity contribution is -0.123. The number of para-hydroxylation sites is 1. The van der Waals surface area contributed by atoms with Crippen LogP contribution in [0, 0.1) is 5.92 Å². The van der Waals surface area contributed by atoms with E-state index in [1.165, 1.54) is 11.3 Å². The molecule has 3 rings (SSSR count). The molecule has 1 aliphatic heterocycles. The SMILES string of the molecule is COc1ccccc1-c1nc(C(=O)N2CCC[C@@H](C(N)=O)C2)cs1. The van der Waals surface area contributed by atoms with Gasteiger partial charge in [0, 0.05) is 18.5 Å². The molecule has 2 N–H and O–H groups in total. The van der Waals surface area contributed by atoms with Crippen molar-refractivity contribution in [3.8, 4) is 16.3 Å². The Labute approximate surface area is 144 Å². The van der Waals surface area contributed by atoms with Crippen molar-refractivity contribution in [2.75, 3.05) is 20.2 Å². The Balaban J connectivity index is 1.80. The maximum Gasteiger partial charge on any atom is 0.273 e. The molecular weight excluding hydrogens is 326 g/mol. The second kappa shape index (κ2) is 7.00. The number of rotatable bonds is 4. The Kier molecular flexibility index (Phi) is 4.80. The Bertz CT molecular complexity index is 759. The highest BCUT2D eigenvalue weighted by molar-refractivity contribution is 7.13. The molecule has 1 saturated heterocycles. The summed E-state index contributed by atoms with van der Waals surface area (Å²) >= 11 is 1.40. The summed E-state index contributed by atoms with van der Waals surface area (Å²) in [6.07, 6.45) is 1.52. The van der Waals surface area contributed by atoms with Crippen molar-refractivity contribution in [1.82, 2.24) is 9.88 Å². The van der Waals surface area contributed by atoms with Crippen LogP contribution in [0.2, 0.25) is 0 Å². The summed E-state index contributed by atoms with van der Waals surface area (Å²) in [4.78, 5) is 30.2. The Hall–Kier alpha value is -2.41. The molecule has 1 atom stereocenters. The third-order valence-corrected chi connectivity index (χ3v) is 5.05. The quantitative estimate of drug-likeness (QED) is 0.920. The van der Waals surface area contributed by atoms with Gasteiger partial charge >= 0.3 is 0 Å². The van der Waals surface area contributed by atoms with Crippen LogP contribution in [0.3, 0.4) is 0 Å². The fourth-order valence-electron chi connectivity index (χ4n) is 2.87. The second-order valence-corrected chi connectivity index (χ2v) is 6.59. The van der Waals surface area contributed by atoms with Crippen LogP contribution in [0.4, 0.5) is 0 Å². The molecule has 0 aliphatic carbocycles. The average Bonchev–Trinajstić information content (AvgIpc) is 3.11. The summed E-state index contributed by atoms with van der Waals surface area (Å²) in [6.45, 7) is 1.000. The van der Waals surface area contributed by atoms with Gasteiger partial charge in [0.2, 0.25) is 5.91 Å². The Morgan fingerprint density at radius 3 is 2.92 bits per heavy atom. The Morgan fingerprint density at radius 1 is 1.38 bits per heavy atom. The van der Waals surface area contributed by atoms with Gasteiger partial charge in [0.15, 0.2) is 0 Å². The van der Waals surface area contributed by atoms with Crippen LogP contribution in [0.25, 0.3) is 10.6 Å². The molecule has 6 nitrogen and oxygen atoms in total. The van der Waals surface area contributed by atoms with E-state index >= 15 is 0 Å². The zero-order chi connectivity index (χ0) is 17.1. The van der Waals surface area contributed by atoms with E-state index < -0.39 is 0 Å². The number of piperidine rings is 1. The predicted molar refractivity (Wildman–Crippen MR) is 91.9 cm³/mol. The fourth-order valence-corrected chi connectivity index (χ4v) is 3.70. The zero-order valence-corrected chi connectivity index (χ0v) is 14.2. The summed E-state index contributed by atoms with van der Waals surface area (Å²) < 4.78 is 5.35. The van der Waals surface area contributed by atoms with Crippen LogP contribution < -0.4 is 10.5 Å². The summed E-state index contributed by atoms with van der Waals surface area (Å²) in [6, 6.07) is 7.57. The fraction of sp³-hybridized carbons (Fsp3) is 0.353. The number of ether oxygens (including phenoxy) is 1. The van der Waals surface area contributed by atoms with Crippen molar-refractivity contribution in [3.63, 3.8) is 0 Å². The largest absolute Gasteiger partial charge is 0.496 e. The molecule has 7 heteroatoms. The topological polar surface area (TPSA) is 85.5 Å². The average molecular weight is 345 g/mol. The normalized spacial score (nSPS) is 17.5. The van der Waals surface area contributed by atoms with Gasteiger partial charge in [-0.3, -0.25) is 9.59 Å². The smallest absolute Gasteiger partial charge is 0.273 e. The lowest BCUT2D eigenvalue weighted by atomic mass is 9.97. The number of amides is 2. The van der Waals surface area contributed by atoms with Gasteiger partial charge in [-0.2, -0.15) is 0 Å². The van der Waals surface area contributed by atoms with Crippen LogP contribution >= 0.6 is 11.3 Å². The number of aromatic nitrogens is 1. The van der Waals surface area contributed by atoms with Gasteiger partial charge in [-0.25, -0.2) is 4.98 Å². The van der Waals surface area contributed by atoms with Gasteiger partial charge < -0.3 is 15.4 Å². The van der Waals surface area contributed by atoms with Crippen molar-refractivity contribution in [2.24, 2.45) is 11.7 Å². The van der Waals surface area contributed by atoms with Crippen LogP contribution in [0.1, 0.15) is 23.3 Å². The van der Waals surface area contributed by atoms with Crippen LogP contribution in [-0.4, -0.2) is 41.9 Å².